The van der Waals surface area contributed by atoms with Crippen LogP contribution in [0.2, 0.25) is 0 Å². The quantitative estimate of drug-likeness (QED) is 0.110. The fourth-order valence-electron chi connectivity index (χ4n) is 5.80. The monoisotopic (exact) mass is 713 g/mol. The molecule has 4 rings (SSSR count). The third kappa shape index (κ3) is 10.1. The number of thiazole rings is 1. The predicted octanol–water partition coefficient (Wildman–Crippen LogP) is 2.86. The van der Waals surface area contributed by atoms with Crippen molar-refractivity contribution in [3.63, 3.8) is 0 Å². The van der Waals surface area contributed by atoms with Gasteiger partial charge in [0, 0.05) is 38.1 Å². The fourth-order valence-corrected chi connectivity index (χ4v) is 7.86. The lowest BCUT2D eigenvalue weighted by molar-refractivity contribution is -0.128. The van der Waals surface area contributed by atoms with Gasteiger partial charge in [-0.15, -0.1) is 11.3 Å². The molecule has 1 aromatic heterocycles. The molecule has 2 aromatic carbocycles. The minimum Gasteiger partial charge on any atom is -0.411 e. The normalized spacial score (nSPS) is 15.9. The van der Waals surface area contributed by atoms with Gasteiger partial charge >= 0.3 is 6.03 Å². The highest BCUT2D eigenvalue weighted by Crippen LogP contribution is 2.23. The number of amides is 3. The smallest absolute Gasteiger partial charge is 0.321 e. The second kappa shape index (κ2) is 17.2. The molecule has 0 bridgehead atoms. The van der Waals surface area contributed by atoms with Crippen molar-refractivity contribution < 1.29 is 28.3 Å². The predicted molar refractivity (Wildman–Crippen MR) is 189 cm³/mol. The lowest BCUT2D eigenvalue weighted by Crippen LogP contribution is -2.57. The molecule has 1 fully saturated rings. The van der Waals surface area contributed by atoms with E-state index < -0.39 is 34.1 Å². The third-order valence-electron chi connectivity index (χ3n) is 8.38. The summed E-state index contributed by atoms with van der Waals surface area (Å²) in [6, 6.07) is 13.3. The number of urea groups is 1. The van der Waals surface area contributed by atoms with Crippen molar-refractivity contribution in [2.24, 2.45) is 11.1 Å². The van der Waals surface area contributed by atoms with Crippen molar-refractivity contribution in [3.8, 4) is 0 Å². The van der Waals surface area contributed by atoms with E-state index in [0.29, 0.717) is 31.7 Å². The molecule has 3 amide bonds. The number of rotatable bonds is 17. The van der Waals surface area contributed by atoms with E-state index in [-0.39, 0.29) is 36.4 Å². The first-order valence-electron chi connectivity index (χ1n) is 16.2. The Morgan fingerprint density at radius 1 is 1.10 bits per heavy atom. The van der Waals surface area contributed by atoms with Crippen LogP contribution in [0.3, 0.4) is 0 Å². The second-order valence-electron chi connectivity index (χ2n) is 12.8. The largest absolute Gasteiger partial charge is 0.411 e. The number of hydrogen-bond acceptors (Lipinski definition) is 10. The van der Waals surface area contributed by atoms with Crippen LogP contribution < -0.4 is 5.32 Å². The number of aliphatic hydroxyl groups is 1. The van der Waals surface area contributed by atoms with Crippen LogP contribution >= 0.6 is 11.3 Å². The number of carbonyl (C=O) groups is 2. The summed E-state index contributed by atoms with van der Waals surface area (Å²) in [4.78, 5) is 37.2. The Bertz CT molecular complexity index is 1670. The Labute approximate surface area is 292 Å². The summed E-state index contributed by atoms with van der Waals surface area (Å²) in [7, 11) is -0.421. The molecule has 3 aromatic rings. The summed E-state index contributed by atoms with van der Waals surface area (Å²) in [5, 5.41) is 29.4. The summed E-state index contributed by atoms with van der Waals surface area (Å²) in [6.45, 7) is 7.02. The van der Waals surface area contributed by atoms with Gasteiger partial charge in [0.15, 0.2) is 0 Å². The summed E-state index contributed by atoms with van der Waals surface area (Å²) < 4.78 is 29.0. The average molecular weight is 714 g/mol. The van der Waals surface area contributed by atoms with Crippen molar-refractivity contribution in [1.82, 2.24) is 29.3 Å². The minimum atomic E-state index is -4.07. The molecule has 3 N–H and O–H groups in total. The molecule has 0 aliphatic carbocycles. The second-order valence-corrected chi connectivity index (χ2v) is 15.8. The van der Waals surface area contributed by atoms with Gasteiger partial charge in [-0.25, -0.2) is 18.2 Å². The van der Waals surface area contributed by atoms with Gasteiger partial charge in [0.2, 0.25) is 15.9 Å². The molecule has 0 unspecified atom stereocenters. The summed E-state index contributed by atoms with van der Waals surface area (Å²) in [6.07, 6.45) is 0.132. The number of carbonyl (C=O) groups excluding carboxylic acids is 2. The molecule has 0 spiro atoms. The number of oxime groups is 1. The van der Waals surface area contributed by atoms with E-state index >= 15 is 0 Å². The lowest BCUT2D eigenvalue weighted by Gasteiger charge is -2.34. The molecule has 266 valence electrons. The van der Waals surface area contributed by atoms with Crippen molar-refractivity contribution >= 4 is 39.5 Å². The number of aromatic nitrogens is 1. The molecule has 1 saturated heterocycles. The van der Waals surface area contributed by atoms with Gasteiger partial charge in [0.1, 0.15) is 6.04 Å². The maximum Gasteiger partial charge on any atom is 0.321 e. The number of aryl methyl sites for hydroxylation is 1. The third-order valence-corrected chi connectivity index (χ3v) is 11.1. The zero-order valence-corrected chi connectivity index (χ0v) is 30.3. The van der Waals surface area contributed by atoms with Gasteiger partial charge in [0.05, 0.1) is 40.5 Å². The molecule has 1 aliphatic heterocycles. The van der Waals surface area contributed by atoms with Gasteiger partial charge in [-0.1, -0.05) is 61.5 Å². The average Bonchev–Trinajstić information content (AvgIpc) is 3.63. The van der Waals surface area contributed by atoms with E-state index in [0.717, 1.165) is 16.3 Å². The van der Waals surface area contributed by atoms with Crippen LogP contribution in [0.1, 0.15) is 35.7 Å². The van der Waals surface area contributed by atoms with Crippen LogP contribution in [0.5, 0.6) is 0 Å². The molecular formula is C34H47N7O6S2. The van der Waals surface area contributed by atoms with Crippen molar-refractivity contribution in [3.05, 3.63) is 81.8 Å². The van der Waals surface area contributed by atoms with Gasteiger partial charge in [-0.2, -0.15) is 4.31 Å². The van der Waals surface area contributed by atoms with Gasteiger partial charge in [0.25, 0.3) is 0 Å². The number of hydrogen-bond donors (Lipinski definition) is 3. The number of nitrogens with zero attached hydrogens (tertiary/aromatic N) is 6. The van der Waals surface area contributed by atoms with E-state index in [2.05, 4.69) is 15.5 Å². The van der Waals surface area contributed by atoms with Crippen molar-refractivity contribution in [2.75, 3.05) is 46.8 Å². The number of aliphatic hydroxyl groups excluding tert-OH is 1. The van der Waals surface area contributed by atoms with Crippen LogP contribution in [0.15, 0.2) is 70.0 Å². The molecule has 1 aliphatic rings. The van der Waals surface area contributed by atoms with Crippen LogP contribution in [0.4, 0.5) is 4.79 Å². The molecule has 0 radical (unpaired) electrons. The summed E-state index contributed by atoms with van der Waals surface area (Å²) >= 11 is 1.52. The van der Waals surface area contributed by atoms with E-state index in [4.69, 9.17) is 5.21 Å². The molecule has 2 heterocycles. The van der Waals surface area contributed by atoms with Crippen LogP contribution in [0.25, 0.3) is 0 Å². The van der Waals surface area contributed by atoms with Gasteiger partial charge in [-0.3, -0.25) is 4.79 Å². The summed E-state index contributed by atoms with van der Waals surface area (Å²) in [5.41, 5.74) is 2.17. The number of sulfonamides is 1. The Balaban J connectivity index is 1.57. The Morgan fingerprint density at radius 3 is 2.39 bits per heavy atom. The van der Waals surface area contributed by atoms with Crippen LogP contribution in [-0.4, -0.2) is 126 Å². The standard InChI is InChI=1S/C34H47N7O6S2/c1-24(2)32(41-18-16-39(34(41)44)21-28-23-48-25(3)36-28)33(43)37-30(19-26-9-7-6-8-10-26)31(42)22-40(17-15-38(4)5)49(46,47)29-13-11-27(12-14-29)20-35-45/h6-14,20,23-24,30-32,42,45H,15-19,21-22H2,1-5H3,(H,37,43)/t30-,31-,32-/m0/s1. The molecule has 13 nitrogen and oxygen atoms in total. The maximum atomic E-state index is 14.1. The SMILES string of the molecule is Cc1nc(CN2CCN([C@H](C(=O)N[C@@H](Cc3ccccc3)[C@@H](O)CN(CCN(C)C)S(=O)(=O)c3ccc(C=NO)cc3)C(C)C)C2=O)cs1. The Kier molecular flexibility index (Phi) is 13.3. The Hall–Kier alpha value is -3.89. The zero-order valence-electron chi connectivity index (χ0n) is 28.6. The van der Waals surface area contributed by atoms with E-state index in [9.17, 15) is 23.1 Å². The number of likely N-dealkylation sites (N-methyl/N-ethyl adjacent to an activating group) is 1. The molecule has 15 heteroatoms. The highest BCUT2D eigenvalue weighted by atomic mass is 32.2. The van der Waals surface area contributed by atoms with E-state index in [1.807, 2.05) is 75.5 Å². The molecule has 3 atom stereocenters. The molecule has 49 heavy (non-hydrogen) atoms. The molecular weight excluding hydrogens is 667 g/mol. The van der Waals surface area contributed by atoms with Gasteiger partial charge in [-0.05, 0) is 56.6 Å². The first-order chi connectivity index (χ1) is 23.3. The topological polar surface area (TPSA) is 159 Å². The zero-order chi connectivity index (χ0) is 35.7. The maximum absolute atomic E-state index is 14.1. The highest BCUT2D eigenvalue weighted by Gasteiger charge is 2.40. The van der Waals surface area contributed by atoms with Crippen LogP contribution in [0, 0.1) is 12.8 Å². The number of nitrogens with one attached hydrogen (secondary N) is 1. The van der Waals surface area contributed by atoms with Crippen molar-refractivity contribution in [2.45, 2.75) is 56.8 Å². The first-order valence-corrected chi connectivity index (χ1v) is 18.5. The first kappa shape index (κ1) is 37.9. The van der Waals surface area contributed by atoms with E-state index in [1.165, 1.54) is 46.1 Å². The lowest BCUT2D eigenvalue weighted by atomic mass is 9.98. The fraction of sp³-hybridized carbons (Fsp3) is 0.471. The highest BCUT2D eigenvalue weighted by molar-refractivity contribution is 7.89. The Morgan fingerprint density at radius 2 is 1.80 bits per heavy atom. The van der Waals surface area contributed by atoms with Crippen LogP contribution in [-0.2, 0) is 27.8 Å². The molecule has 0 saturated carbocycles. The number of benzene rings is 2. The van der Waals surface area contributed by atoms with E-state index in [1.54, 1.807) is 9.80 Å². The minimum absolute atomic E-state index is 0.0157. The van der Waals surface area contributed by atoms with Crippen molar-refractivity contribution in [1.29, 1.82) is 0 Å². The summed E-state index contributed by atoms with van der Waals surface area (Å²) in [5.74, 6) is -0.658. The van der Waals surface area contributed by atoms with Gasteiger partial charge < -0.3 is 30.3 Å².